The van der Waals surface area contributed by atoms with Gasteiger partial charge in [0.15, 0.2) is 23.3 Å². The van der Waals surface area contributed by atoms with Crippen LogP contribution in [0.2, 0.25) is 0 Å². The molecule has 1 aromatic carbocycles. The van der Waals surface area contributed by atoms with Gasteiger partial charge < -0.3 is 5.11 Å². The molecule has 0 aliphatic heterocycles. The zero-order valence-electron chi connectivity index (χ0n) is 9.45. The summed E-state index contributed by atoms with van der Waals surface area (Å²) in [6.45, 7) is 2.17. The smallest absolute Gasteiger partial charge is 0.314 e. The summed E-state index contributed by atoms with van der Waals surface area (Å²) in [6, 6.07) is 0. The Morgan fingerprint density at radius 1 is 1.00 bits per heavy atom. The monoisotopic (exact) mass is 268 g/mol. The van der Waals surface area contributed by atoms with Crippen LogP contribution in [-0.2, 0) is 10.2 Å². The number of hydrogen-bond acceptors (Lipinski definition) is 1. The van der Waals surface area contributed by atoms with Crippen LogP contribution in [0, 0.1) is 29.1 Å². The summed E-state index contributed by atoms with van der Waals surface area (Å²) in [7, 11) is 0. The van der Waals surface area contributed by atoms with Crippen molar-refractivity contribution >= 4 is 5.97 Å². The maximum atomic E-state index is 13.5. The maximum Gasteiger partial charge on any atom is 0.314 e. The molecule has 1 atom stereocenters. The number of carboxylic acid groups (broad SMARTS) is 1. The molecule has 18 heavy (non-hydrogen) atoms. The highest BCUT2D eigenvalue weighted by atomic mass is 19.2. The summed E-state index contributed by atoms with van der Waals surface area (Å²) < 4.78 is 65.7. The lowest BCUT2D eigenvalue weighted by Crippen LogP contribution is -2.35. The Hall–Kier alpha value is -1.66. The summed E-state index contributed by atoms with van der Waals surface area (Å²) in [5.74, 6) is -12.5. The Kier molecular flexibility index (Phi) is 3.64. The molecule has 0 amide bonds. The molecule has 100 valence electrons. The fourth-order valence-electron chi connectivity index (χ4n) is 1.52. The number of carboxylic acids is 1. The Balaban J connectivity index is 3.75. The molecular formula is C11H9F5O2. The van der Waals surface area contributed by atoms with E-state index in [2.05, 4.69) is 0 Å². The van der Waals surface area contributed by atoms with Crippen molar-refractivity contribution in [2.24, 2.45) is 0 Å². The van der Waals surface area contributed by atoms with Crippen molar-refractivity contribution in [1.29, 1.82) is 0 Å². The van der Waals surface area contributed by atoms with Crippen molar-refractivity contribution in [1.82, 2.24) is 0 Å². The fraction of sp³-hybridized carbons (Fsp3) is 0.364. The molecule has 0 saturated carbocycles. The molecule has 0 spiro atoms. The van der Waals surface area contributed by atoms with Crippen LogP contribution in [0.4, 0.5) is 22.0 Å². The molecule has 1 aromatic rings. The van der Waals surface area contributed by atoms with E-state index in [-0.39, 0.29) is 6.42 Å². The number of benzene rings is 1. The predicted molar refractivity (Wildman–Crippen MR) is 51.5 cm³/mol. The average Bonchev–Trinajstić information content (AvgIpc) is 2.33. The number of carbonyl (C=O) groups is 1. The Morgan fingerprint density at radius 3 is 1.61 bits per heavy atom. The van der Waals surface area contributed by atoms with E-state index in [9.17, 15) is 26.7 Å². The summed E-state index contributed by atoms with van der Waals surface area (Å²) in [5, 5.41) is 8.91. The normalized spacial score (nSPS) is 14.4. The summed E-state index contributed by atoms with van der Waals surface area (Å²) in [5.41, 5.74) is -3.52. The van der Waals surface area contributed by atoms with Gasteiger partial charge in [-0.1, -0.05) is 6.92 Å². The van der Waals surface area contributed by atoms with Crippen molar-refractivity contribution < 1.29 is 31.9 Å². The third-order valence-corrected chi connectivity index (χ3v) is 2.94. The quantitative estimate of drug-likeness (QED) is 0.519. The van der Waals surface area contributed by atoms with E-state index in [1.54, 1.807) is 0 Å². The maximum absolute atomic E-state index is 13.5. The van der Waals surface area contributed by atoms with Gasteiger partial charge in [-0.3, -0.25) is 4.79 Å². The molecule has 0 fully saturated rings. The van der Waals surface area contributed by atoms with Crippen LogP contribution in [0.15, 0.2) is 0 Å². The van der Waals surface area contributed by atoms with Gasteiger partial charge in [0.25, 0.3) is 0 Å². The zero-order chi connectivity index (χ0) is 14.2. The first-order chi connectivity index (χ1) is 8.18. The molecule has 0 bridgehead atoms. The molecule has 1 unspecified atom stereocenters. The van der Waals surface area contributed by atoms with Gasteiger partial charge in [0.1, 0.15) is 0 Å². The van der Waals surface area contributed by atoms with Gasteiger partial charge in [-0.15, -0.1) is 0 Å². The lowest BCUT2D eigenvalue weighted by atomic mass is 9.79. The van der Waals surface area contributed by atoms with Crippen molar-refractivity contribution in [3.63, 3.8) is 0 Å². The van der Waals surface area contributed by atoms with Crippen LogP contribution in [0.3, 0.4) is 0 Å². The van der Waals surface area contributed by atoms with Crippen molar-refractivity contribution in [2.75, 3.05) is 0 Å². The van der Waals surface area contributed by atoms with E-state index in [1.807, 2.05) is 0 Å². The summed E-state index contributed by atoms with van der Waals surface area (Å²) >= 11 is 0. The first kappa shape index (κ1) is 14.4. The highest BCUT2D eigenvalue weighted by molar-refractivity contribution is 5.81. The van der Waals surface area contributed by atoms with E-state index >= 15 is 0 Å². The van der Waals surface area contributed by atoms with Gasteiger partial charge in [0, 0.05) is 5.56 Å². The van der Waals surface area contributed by atoms with Crippen molar-refractivity contribution in [3.8, 4) is 0 Å². The van der Waals surface area contributed by atoms with Gasteiger partial charge in [-0.05, 0) is 13.3 Å². The lowest BCUT2D eigenvalue weighted by molar-refractivity contribution is -0.143. The third kappa shape index (κ3) is 1.83. The molecule has 0 radical (unpaired) electrons. The first-order valence-corrected chi connectivity index (χ1v) is 4.93. The topological polar surface area (TPSA) is 37.3 Å². The first-order valence-electron chi connectivity index (χ1n) is 4.93. The molecule has 2 nitrogen and oxygen atoms in total. The average molecular weight is 268 g/mol. The second-order valence-electron chi connectivity index (χ2n) is 3.94. The molecule has 0 aromatic heterocycles. The minimum absolute atomic E-state index is 0.333. The lowest BCUT2D eigenvalue weighted by Gasteiger charge is -2.25. The molecule has 1 rings (SSSR count). The van der Waals surface area contributed by atoms with E-state index < -0.39 is 46.0 Å². The number of halogens is 5. The predicted octanol–water partition coefficient (Wildman–Crippen LogP) is 3.13. The molecular weight excluding hydrogens is 259 g/mol. The standard InChI is InChI=1S/C11H9F5O2/c1-3-11(2,10(17)18)4-5(12)7(14)9(16)8(15)6(4)13/h3H2,1-2H3,(H,17,18). The van der Waals surface area contributed by atoms with Crippen LogP contribution >= 0.6 is 0 Å². The van der Waals surface area contributed by atoms with E-state index in [0.29, 0.717) is 0 Å². The fourth-order valence-corrected chi connectivity index (χ4v) is 1.52. The number of rotatable bonds is 3. The highest BCUT2D eigenvalue weighted by Gasteiger charge is 2.42. The van der Waals surface area contributed by atoms with E-state index in [0.717, 1.165) is 6.92 Å². The van der Waals surface area contributed by atoms with E-state index in [4.69, 9.17) is 5.11 Å². The highest BCUT2D eigenvalue weighted by Crippen LogP contribution is 2.35. The van der Waals surface area contributed by atoms with E-state index in [1.165, 1.54) is 6.92 Å². The second-order valence-corrected chi connectivity index (χ2v) is 3.94. The molecule has 7 heteroatoms. The summed E-state index contributed by atoms with van der Waals surface area (Å²) in [4.78, 5) is 11.0. The molecule has 0 aliphatic rings. The SMILES string of the molecule is CCC(C)(C(=O)O)c1c(F)c(F)c(F)c(F)c1F. The molecule has 1 N–H and O–H groups in total. The Labute approximate surface area is 99.0 Å². The number of hydrogen-bond donors (Lipinski definition) is 1. The Morgan fingerprint density at radius 2 is 1.33 bits per heavy atom. The van der Waals surface area contributed by atoms with Crippen LogP contribution in [0.5, 0.6) is 0 Å². The molecule has 0 heterocycles. The van der Waals surface area contributed by atoms with Crippen LogP contribution < -0.4 is 0 Å². The van der Waals surface area contributed by atoms with Crippen molar-refractivity contribution in [2.45, 2.75) is 25.7 Å². The van der Waals surface area contributed by atoms with Gasteiger partial charge in [0.2, 0.25) is 5.82 Å². The zero-order valence-corrected chi connectivity index (χ0v) is 9.45. The Bertz CT molecular complexity index is 486. The van der Waals surface area contributed by atoms with Gasteiger partial charge >= 0.3 is 5.97 Å². The largest absolute Gasteiger partial charge is 0.481 e. The second kappa shape index (κ2) is 4.55. The van der Waals surface area contributed by atoms with Gasteiger partial charge in [-0.2, -0.15) is 0 Å². The van der Waals surface area contributed by atoms with Gasteiger partial charge in [-0.25, -0.2) is 22.0 Å². The molecule has 0 aliphatic carbocycles. The third-order valence-electron chi connectivity index (χ3n) is 2.94. The van der Waals surface area contributed by atoms with Crippen LogP contribution in [0.1, 0.15) is 25.8 Å². The summed E-state index contributed by atoms with van der Waals surface area (Å²) in [6.07, 6.45) is -0.333. The number of aliphatic carboxylic acids is 1. The van der Waals surface area contributed by atoms with Crippen LogP contribution in [0.25, 0.3) is 0 Å². The van der Waals surface area contributed by atoms with Crippen LogP contribution in [-0.4, -0.2) is 11.1 Å². The van der Waals surface area contributed by atoms with Crippen molar-refractivity contribution in [3.05, 3.63) is 34.6 Å². The minimum atomic E-state index is -2.31. The molecule has 0 saturated heterocycles. The minimum Gasteiger partial charge on any atom is -0.481 e. The van der Waals surface area contributed by atoms with Gasteiger partial charge in [0.05, 0.1) is 5.41 Å².